The Hall–Kier alpha value is -3.22. The lowest BCUT2D eigenvalue weighted by molar-refractivity contribution is -0.225. The first kappa shape index (κ1) is 24.9. The maximum atomic E-state index is 15.1. The number of rotatable bonds is 7. The number of hydrogen-bond donors (Lipinski definition) is 0. The molecule has 0 aromatic heterocycles. The molecule has 1 aliphatic carbocycles. The lowest BCUT2D eigenvalue weighted by atomic mass is 9.83. The van der Waals surface area contributed by atoms with Gasteiger partial charge in [-0.2, -0.15) is 13.2 Å². The zero-order valence-corrected chi connectivity index (χ0v) is 20.7. The van der Waals surface area contributed by atoms with E-state index in [2.05, 4.69) is 0 Å². The summed E-state index contributed by atoms with van der Waals surface area (Å²) in [6.45, 7) is 3.47. The van der Waals surface area contributed by atoms with Crippen molar-refractivity contribution in [1.82, 2.24) is 0 Å². The molecule has 0 saturated carbocycles. The zero-order chi connectivity index (χ0) is 25.1. The van der Waals surface area contributed by atoms with Gasteiger partial charge in [0.05, 0.1) is 0 Å². The number of benzene rings is 3. The van der Waals surface area contributed by atoms with E-state index < -0.39 is 25.9 Å². The lowest BCUT2D eigenvalue weighted by Crippen LogP contribution is -2.75. The molecule has 0 bridgehead atoms. The molecule has 0 spiro atoms. The Kier molecular flexibility index (Phi) is 6.97. The molecular weight excluding hydrogens is 465 g/mol. The molecule has 3 aromatic carbocycles. The Bertz CT molecular complexity index is 1140. The van der Waals surface area contributed by atoms with Crippen LogP contribution in [0.2, 0.25) is 0 Å². The van der Waals surface area contributed by atoms with E-state index in [1.165, 1.54) is 0 Å². The maximum absolute atomic E-state index is 15.1. The second kappa shape index (κ2) is 9.80. The fraction of sp³-hybridized carbons (Fsp3) is 0.207. The number of halogens is 3. The molecule has 0 aliphatic heterocycles. The van der Waals surface area contributed by atoms with Crippen molar-refractivity contribution in [2.45, 2.75) is 38.5 Å². The predicted molar refractivity (Wildman–Crippen MR) is 136 cm³/mol. The van der Waals surface area contributed by atoms with Crippen LogP contribution >= 0.6 is 0 Å². The Morgan fingerprint density at radius 2 is 1.17 bits per heavy atom. The maximum Gasteiger partial charge on any atom is 0.427 e. The van der Waals surface area contributed by atoms with E-state index in [0.717, 1.165) is 6.08 Å². The van der Waals surface area contributed by atoms with E-state index >= 15 is 13.2 Å². The Balaban J connectivity index is 2.10. The van der Waals surface area contributed by atoms with Gasteiger partial charge in [0.2, 0.25) is 11.4 Å². The van der Waals surface area contributed by atoms with Crippen molar-refractivity contribution in [3.05, 3.63) is 114 Å². The minimum Gasteiger partial charge on any atom is -0.381 e. The van der Waals surface area contributed by atoms with Crippen molar-refractivity contribution in [2.75, 3.05) is 0 Å². The molecule has 6 heteroatoms. The van der Waals surface area contributed by atoms with Crippen LogP contribution in [0.3, 0.4) is 0 Å². The van der Waals surface area contributed by atoms with Crippen LogP contribution < -0.4 is 15.6 Å². The third kappa shape index (κ3) is 4.32. The van der Waals surface area contributed by atoms with Crippen molar-refractivity contribution in [2.24, 2.45) is 0 Å². The van der Waals surface area contributed by atoms with Gasteiger partial charge in [0.15, 0.2) is 0 Å². The largest absolute Gasteiger partial charge is 0.427 e. The average molecular weight is 493 g/mol. The summed E-state index contributed by atoms with van der Waals surface area (Å²) < 4.78 is 52.0. The van der Waals surface area contributed by atoms with Crippen molar-refractivity contribution in [3.8, 4) is 0 Å². The quantitative estimate of drug-likeness (QED) is 0.334. The molecule has 35 heavy (non-hydrogen) atoms. The van der Waals surface area contributed by atoms with E-state index in [1.807, 2.05) is 18.2 Å². The number of allylic oxidation sites excluding steroid dienone is 2. The highest BCUT2D eigenvalue weighted by molar-refractivity contribution is 7.07. The fourth-order valence-corrected chi connectivity index (χ4v) is 8.73. The molecule has 3 aromatic rings. The summed E-state index contributed by atoms with van der Waals surface area (Å²) in [6.07, 6.45) is -1.84. The van der Waals surface area contributed by atoms with Crippen LogP contribution in [0.4, 0.5) is 13.2 Å². The summed E-state index contributed by atoms with van der Waals surface area (Å²) in [5, 5.41) is 1.90. The highest BCUT2D eigenvalue weighted by Gasteiger charge is 2.65. The average Bonchev–Trinajstić information content (AvgIpc) is 2.89. The van der Waals surface area contributed by atoms with Crippen LogP contribution in [0.15, 0.2) is 114 Å². The molecule has 0 N–H and O–H groups in total. The van der Waals surface area contributed by atoms with Crippen molar-refractivity contribution < 1.29 is 22.4 Å². The summed E-state index contributed by atoms with van der Waals surface area (Å²) in [6, 6.07) is 27.0. The summed E-state index contributed by atoms with van der Waals surface area (Å²) in [4.78, 5) is 13.6. The monoisotopic (exact) mass is 492 g/mol. The van der Waals surface area contributed by atoms with Gasteiger partial charge in [-0.1, -0.05) is 111 Å². The Morgan fingerprint density at radius 1 is 0.743 bits per heavy atom. The van der Waals surface area contributed by atoms with Crippen molar-refractivity contribution >= 4 is 29.7 Å². The minimum atomic E-state index is -4.96. The van der Waals surface area contributed by atoms with Gasteiger partial charge in [-0.25, -0.2) is 0 Å². The van der Waals surface area contributed by atoms with E-state index in [-0.39, 0.29) is 12.0 Å². The van der Waals surface area contributed by atoms with Crippen LogP contribution in [0.5, 0.6) is 0 Å². The van der Waals surface area contributed by atoms with Gasteiger partial charge in [-0.05, 0) is 45.6 Å². The first-order valence-corrected chi connectivity index (χ1v) is 13.6. The van der Waals surface area contributed by atoms with Crippen LogP contribution in [-0.2, 0) is 9.22 Å². The van der Waals surface area contributed by atoms with Crippen LogP contribution in [0, 0.1) is 0 Å². The number of carbonyl (C=O) groups is 1. The number of ketones is 1. The summed E-state index contributed by atoms with van der Waals surface area (Å²) in [7, 11) is -3.83. The van der Waals surface area contributed by atoms with Crippen LogP contribution in [-0.4, -0.2) is 25.9 Å². The summed E-state index contributed by atoms with van der Waals surface area (Å²) in [5.41, 5.74) is -2.53. The van der Waals surface area contributed by atoms with E-state index in [4.69, 9.17) is 4.43 Å². The fourth-order valence-electron chi connectivity index (χ4n) is 4.64. The molecule has 0 radical (unpaired) electrons. The third-order valence-corrected chi connectivity index (χ3v) is 10.5. The highest BCUT2D eigenvalue weighted by Crippen LogP contribution is 2.43. The molecule has 1 aliphatic rings. The van der Waals surface area contributed by atoms with E-state index in [9.17, 15) is 4.79 Å². The molecule has 1 unspecified atom stereocenters. The van der Waals surface area contributed by atoms with Gasteiger partial charge >= 0.3 is 6.18 Å². The normalized spacial score (nSPS) is 18.7. The summed E-state index contributed by atoms with van der Waals surface area (Å²) in [5.74, 6) is -1.04. The Labute approximate surface area is 204 Å². The molecule has 0 amide bonds. The molecule has 0 fully saturated rings. The number of hydrogen-bond acceptors (Lipinski definition) is 2. The van der Waals surface area contributed by atoms with Crippen LogP contribution in [0.1, 0.15) is 26.7 Å². The van der Waals surface area contributed by atoms with E-state index in [0.29, 0.717) is 27.6 Å². The molecule has 1 atom stereocenters. The zero-order valence-electron chi connectivity index (χ0n) is 19.7. The van der Waals surface area contributed by atoms with Crippen molar-refractivity contribution in [3.63, 3.8) is 0 Å². The first-order chi connectivity index (χ1) is 16.8. The van der Waals surface area contributed by atoms with Gasteiger partial charge in [-0.3, -0.25) is 4.79 Å². The van der Waals surface area contributed by atoms with E-state index in [1.54, 1.807) is 92.7 Å². The molecule has 180 valence electrons. The second-order valence-electron chi connectivity index (χ2n) is 8.54. The second-order valence-corrected chi connectivity index (χ2v) is 11.8. The molecule has 0 saturated heterocycles. The lowest BCUT2D eigenvalue weighted by Gasteiger charge is -2.44. The molecule has 4 rings (SSSR count). The molecular formula is C29H27F3O2Si. The predicted octanol–water partition coefficient (Wildman–Crippen LogP) is 5.23. The molecule has 0 heterocycles. The van der Waals surface area contributed by atoms with Gasteiger partial charge in [0, 0.05) is 0 Å². The van der Waals surface area contributed by atoms with Gasteiger partial charge in [-0.15, -0.1) is 0 Å². The first-order valence-electron chi connectivity index (χ1n) is 11.7. The highest BCUT2D eigenvalue weighted by atomic mass is 28.4. The topological polar surface area (TPSA) is 26.3 Å². The summed E-state index contributed by atoms with van der Waals surface area (Å²) >= 11 is 0. The van der Waals surface area contributed by atoms with Gasteiger partial charge in [0.1, 0.15) is 0 Å². The molecule has 2 nitrogen and oxygen atoms in total. The number of alkyl halides is 3. The SMILES string of the molecule is CCC1=CC(O[Si](c2ccccc2)(c2ccccc2)c2ccccc2)(C(F)(F)F)C(=O)C(CC)=C1. The van der Waals surface area contributed by atoms with Crippen LogP contribution in [0.25, 0.3) is 0 Å². The van der Waals surface area contributed by atoms with Gasteiger partial charge in [0.25, 0.3) is 8.32 Å². The standard InChI is InChI=1S/C29H27F3O2Si/c1-3-22-20-23(4-2)27(33)28(21-22,29(30,31)32)34-35(24-14-8-5-9-15-24,25-16-10-6-11-17-25)26-18-12-7-13-19-26/h5-21H,3-4H2,1-2H3. The Morgan fingerprint density at radius 3 is 1.51 bits per heavy atom. The minimum absolute atomic E-state index is 0.124. The smallest absolute Gasteiger partial charge is 0.381 e. The number of carbonyl (C=O) groups excluding carboxylic acids is 1. The van der Waals surface area contributed by atoms with Crippen molar-refractivity contribution in [1.29, 1.82) is 0 Å². The third-order valence-electron chi connectivity index (χ3n) is 6.44. The van der Waals surface area contributed by atoms with Gasteiger partial charge < -0.3 is 4.43 Å². The number of Topliss-reactive ketones (excluding diaryl/α,β-unsaturated/α-hetero) is 1.